The number of aromatic nitrogens is 1. The molecule has 0 unspecified atom stereocenters. The number of para-hydroxylation sites is 1. The lowest BCUT2D eigenvalue weighted by Crippen LogP contribution is -2.22. The van der Waals surface area contributed by atoms with E-state index in [1.807, 2.05) is 30.3 Å². The highest BCUT2D eigenvalue weighted by atomic mass is 32.1. The summed E-state index contributed by atoms with van der Waals surface area (Å²) in [5.41, 5.74) is 1.28. The van der Waals surface area contributed by atoms with E-state index in [-0.39, 0.29) is 12.7 Å². The third-order valence-corrected chi connectivity index (χ3v) is 4.83. The molecule has 0 saturated heterocycles. The van der Waals surface area contributed by atoms with E-state index in [1.54, 1.807) is 29.7 Å². The number of thiazole rings is 1. The van der Waals surface area contributed by atoms with E-state index in [4.69, 9.17) is 14.2 Å². The van der Waals surface area contributed by atoms with E-state index in [1.165, 1.54) is 29.2 Å². The molecule has 1 aliphatic heterocycles. The Labute approximate surface area is 170 Å². The van der Waals surface area contributed by atoms with Crippen LogP contribution in [0, 0.1) is 0 Å². The van der Waals surface area contributed by atoms with Crippen LogP contribution < -0.4 is 19.1 Å². The fraction of sp³-hybridized carbons (Fsp3) is 0.0952. The van der Waals surface area contributed by atoms with Gasteiger partial charge in [-0.3, -0.25) is 9.69 Å². The summed E-state index contributed by atoms with van der Waals surface area (Å²) in [6.45, 7) is 1.63. The fourth-order valence-corrected chi connectivity index (χ4v) is 3.56. The summed E-state index contributed by atoms with van der Waals surface area (Å²) in [6, 6.07) is 14.2. The van der Waals surface area contributed by atoms with Gasteiger partial charge in [-0.15, -0.1) is 11.3 Å². The number of ether oxygens (including phenoxy) is 3. The molecule has 3 aromatic rings. The maximum absolute atomic E-state index is 12.1. The first-order chi connectivity index (χ1) is 14.1. The molecule has 1 aliphatic rings. The quantitative estimate of drug-likeness (QED) is 0.358. The van der Waals surface area contributed by atoms with Crippen LogP contribution in [0.15, 0.2) is 60.0 Å². The Bertz CT molecular complexity index is 1080. The molecule has 4 rings (SSSR count). The Kier molecular flexibility index (Phi) is 5.26. The van der Waals surface area contributed by atoms with Crippen LogP contribution in [0.2, 0.25) is 0 Å². The third kappa shape index (κ3) is 4.27. The lowest BCUT2D eigenvalue weighted by molar-refractivity contribution is -0.128. The number of anilines is 2. The van der Waals surface area contributed by atoms with Crippen molar-refractivity contribution in [1.29, 1.82) is 0 Å². The van der Waals surface area contributed by atoms with Gasteiger partial charge in [0, 0.05) is 24.4 Å². The first-order valence-electron chi connectivity index (χ1n) is 8.71. The lowest BCUT2D eigenvalue weighted by atomic mass is 10.3. The van der Waals surface area contributed by atoms with Crippen molar-refractivity contribution in [3.8, 4) is 17.2 Å². The Morgan fingerprint density at radius 1 is 1.14 bits per heavy atom. The number of amides is 1. The first kappa shape index (κ1) is 18.7. The van der Waals surface area contributed by atoms with Gasteiger partial charge in [0.05, 0.1) is 11.4 Å². The second kappa shape index (κ2) is 8.15. The maximum Gasteiger partial charge on any atom is 0.336 e. The normalized spacial score (nSPS) is 12.2. The SMILES string of the molecule is CC(=O)N(c1ccccc1)c1nc(/C=C/C(=O)Oc2ccc3c(c2)OCO3)cs1. The zero-order valence-electron chi connectivity index (χ0n) is 15.4. The van der Waals surface area contributed by atoms with E-state index in [0.717, 1.165) is 5.69 Å². The van der Waals surface area contributed by atoms with Crippen molar-refractivity contribution in [2.45, 2.75) is 6.92 Å². The average Bonchev–Trinajstić information content (AvgIpc) is 3.36. The van der Waals surface area contributed by atoms with Gasteiger partial charge in [-0.2, -0.15) is 0 Å². The second-order valence-electron chi connectivity index (χ2n) is 6.01. The zero-order chi connectivity index (χ0) is 20.2. The third-order valence-electron chi connectivity index (χ3n) is 3.98. The monoisotopic (exact) mass is 408 g/mol. The smallest absolute Gasteiger partial charge is 0.336 e. The van der Waals surface area contributed by atoms with Crippen molar-refractivity contribution in [2.75, 3.05) is 11.7 Å². The number of hydrogen-bond donors (Lipinski definition) is 0. The Morgan fingerprint density at radius 3 is 2.72 bits per heavy atom. The van der Waals surface area contributed by atoms with Crippen LogP contribution in [0.5, 0.6) is 17.2 Å². The number of benzene rings is 2. The second-order valence-corrected chi connectivity index (χ2v) is 6.85. The molecule has 0 spiro atoms. The Morgan fingerprint density at radius 2 is 1.93 bits per heavy atom. The van der Waals surface area contributed by atoms with Crippen molar-refractivity contribution >= 4 is 40.1 Å². The molecule has 7 nitrogen and oxygen atoms in total. The predicted molar refractivity (Wildman–Crippen MR) is 109 cm³/mol. The first-order valence-corrected chi connectivity index (χ1v) is 9.59. The van der Waals surface area contributed by atoms with Gasteiger partial charge in [-0.05, 0) is 30.3 Å². The number of rotatable bonds is 5. The standard InChI is InChI=1S/C21H16N2O5S/c1-14(24)23(16-5-3-2-4-6-16)21-22-15(12-29-21)7-10-20(25)28-17-8-9-18-19(11-17)27-13-26-18/h2-12H,13H2,1H3/b10-7+. The molecule has 0 saturated carbocycles. The molecule has 0 atom stereocenters. The van der Waals surface area contributed by atoms with Gasteiger partial charge in [0.2, 0.25) is 12.7 Å². The maximum atomic E-state index is 12.1. The summed E-state index contributed by atoms with van der Waals surface area (Å²) in [7, 11) is 0. The van der Waals surface area contributed by atoms with Crippen molar-refractivity contribution in [3.05, 3.63) is 65.7 Å². The van der Waals surface area contributed by atoms with Crippen molar-refractivity contribution in [3.63, 3.8) is 0 Å². The number of carbonyl (C=O) groups is 2. The van der Waals surface area contributed by atoms with E-state index in [2.05, 4.69) is 4.98 Å². The van der Waals surface area contributed by atoms with Crippen LogP contribution in [-0.2, 0) is 9.59 Å². The van der Waals surface area contributed by atoms with Gasteiger partial charge < -0.3 is 14.2 Å². The van der Waals surface area contributed by atoms with Crippen molar-refractivity contribution in [2.24, 2.45) is 0 Å². The molecule has 0 N–H and O–H groups in total. The van der Waals surface area contributed by atoms with Crippen LogP contribution >= 0.6 is 11.3 Å². The number of fused-ring (bicyclic) bond motifs is 1. The molecule has 1 amide bonds. The van der Waals surface area contributed by atoms with Crippen molar-refractivity contribution in [1.82, 2.24) is 4.98 Å². The molecule has 2 heterocycles. The van der Waals surface area contributed by atoms with E-state index >= 15 is 0 Å². The van der Waals surface area contributed by atoms with Gasteiger partial charge >= 0.3 is 5.97 Å². The topological polar surface area (TPSA) is 78.0 Å². The molecule has 0 radical (unpaired) electrons. The summed E-state index contributed by atoms with van der Waals surface area (Å²) < 4.78 is 15.8. The molecular weight excluding hydrogens is 392 g/mol. The summed E-state index contributed by atoms with van der Waals surface area (Å²) in [4.78, 5) is 30.1. The number of hydrogen-bond acceptors (Lipinski definition) is 7. The zero-order valence-corrected chi connectivity index (χ0v) is 16.2. The Balaban J connectivity index is 1.44. The molecule has 146 valence electrons. The minimum Gasteiger partial charge on any atom is -0.454 e. The van der Waals surface area contributed by atoms with Gasteiger partial charge in [-0.25, -0.2) is 9.78 Å². The highest BCUT2D eigenvalue weighted by molar-refractivity contribution is 7.14. The van der Waals surface area contributed by atoms with Crippen LogP contribution in [-0.4, -0.2) is 23.7 Å². The summed E-state index contributed by atoms with van der Waals surface area (Å²) in [5, 5.41) is 2.28. The molecular formula is C21H16N2O5S. The Hall–Kier alpha value is -3.65. The number of carbonyl (C=O) groups excluding carboxylic acids is 2. The summed E-state index contributed by atoms with van der Waals surface area (Å²) in [5.74, 6) is 0.806. The average molecular weight is 408 g/mol. The van der Waals surface area contributed by atoms with Crippen LogP contribution in [0.25, 0.3) is 6.08 Å². The van der Waals surface area contributed by atoms with Crippen LogP contribution in [0.4, 0.5) is 10.8 Å². The molecule has 29 heavy (non-hydrogen) atoms. The molecule has 0 bridgehead atoms. The molecule has 8 heteroatoms. The van der Waals surface area contributed by atoms with E-state index in [0.29, 0.717) is 28.1 Å². The van der Waals surface area contributed by atoms with E-state index < -0.39 is 5.97 Å². The summed E-state index contributed by atoms with van der Waals surface area (Å²) in [6.07, 6.45) is 2.82. The van der Waals surface area contributed by atoms with Crippen LogP contribution in [0.3, 0.4) is 0 Å². The van der Waals surface area contributed by atoms with Gasteiger partial charge in [0.1, 0.15) is 5.75 Å². The van der Waals surface area contributed by atoms with Gasteiger partial charge in [0.25, 0.3) is 0 Å². The molecule has 2 aromatic carbocycles. The molecule has 0 aliphatic carbocycles. The van der Waals surface area contributed by atoms with Gasteiger partial charge in [0.15, 0.2) is 16.6 Å². The molecule has 1 aromatic heterocycles. The highest BCUT2D eigenvalue weighted by Gasteiger charge is 2.17. The predicted octanol–water partition coefficient (Wildman–Crippen LogP) is 4.18. The molecule has 0 fully saturated rings. The van der Waals surface area contributed by atoms with E-state index in [9.17, 15) is 9.59 Å². The number of nitrogens with zero attached hydrogens (tertiary/aromatic N) is 2. The minimum absolute atomic E-state index is 0.150. The van der Waals surface area contributed by atoms with Crippen molar-refractivity contribution < 1.29 is 23.8 Å². The minimum atomic E-state index is -0.551. The lowest BCUT2D eigenvalue weighted by Gasteiger charge is -2.17. The largest absolute Gasteiger partial charge is 0.454 e. The fourth-order valence-electron chi connectivity index (χ4n) is 2.70. The van der Waals surface area contributed by atoms with Crippen LogP contribution in [0.1, 0.15) is 12.6 Å². The number of esters is 1. The summed E-state index contributed by atoms with van der Waals surface area (Å²) >= 11 is 1.31. The van der Waals surface area contributed by atoms with Gasteiger partial charge in [-0.1, -0.05) is 18.2 Å². The highest BCUT2D eigenvalue weighted by Crippen LogP contribution is 2.35.